The van der Waals surface area contributed by atoms with Crippen LogP contribution in [-0.4, -0.2) is 115 Å². The third kappa shape index (κ3) is 17.4. The van der Waals surface area contributed by atoms with E-state index in [0.29, 0.717) is 11.1 Å². The van der Waals surface area contributed by atoms with Gasteiger partial charge in [0, 0.05) is 67.6 Å². The highest BCUT2D eigenvalue weighted by atomic mass is 16.5. The molecule has 2 aliphatic heterocycles. The fourth-order valence-corrected chi connectivity index (χ4v) is 7.00. The van der Waals surface area contributed by atoms with Crippen LogP contribution in [0.5, 0.6) is 0 Å². The number of hydrogen-bond donors (Lipinski definition) is 7. The van der Waals surface area contributed by atoms with E-state index in [-0.39, 0.29) is 5.92 Å². The number of carbonyl (C=O) groups excluding carboxylic acids is 4. The number of amides is 4. The standard InChI is InChI=1S/C27H31N3O4.C26H30N4O4/c1-20(2)25(27(32)29-33)28-26(31)24-13-11-22(12-14-24)6-4-3-5-21-7-9-23(10-8-21)19-30-15-17-34-18-16-30;1-19(27)24(26(32)29-33)28-25(31)23-12-10-21(11-13-23)5-3-2-4-20-6-8-22(9-7-20)18-30-14-16-34-17-15-30/h3,5,7-14,20,25,33H,15-19H2,1-2H3,(H,28,31)(H,29,32);2,4,6-13,19,24,33H,14-18,27H2,1H3,(H,28,31)(H,29,32)/t25-;19-,24+/m01/s1. The van der Waals surface area contributed by atoms with E-state index in [1.54, 1.807) is 86.9 Å². The normalized spacial score (nSPS) is 15.3. The van der Waals surface area contributed by atoms with Gasteiger partial charge in [0.1, 0.15) is 12.1 Å². The Hall–Kier alpha value is -6.92. The number of nitrogens with one attached hydrogen (secondary N) is 4. The molecule has 356 valence electrons. The Morgan fingerprint density at radius 1 is 0.588 bits per heavy atom. The second-order valence-electron chi connectivity index (χ2n) is 16.6. The van der Waals surface area contributed by atoms with Crippen LogP contribution in [0.3, 0.4) is 0 Å². The van der Waals surface area contributed by atoms with Crippen LogP contribution in [0.25, 0.3) is 12.2 Å². The summed E-state index contributed by atoms with van der Waals surface area (Å²) in [6.45, 7) is 14.1. The minimum Gasteiger partial charge on any atom is -0.379 e. The Morgan fingerprint density at radius 3 is 1.31 bits per heavy atom. The average molecular weight is 924 g/mol. The average Bonchev–Trinajstić information content (AvgIpc) is 3.36. The summed E-state index contributed by atoms with van der Waals surface area (Å²) in [5, 5.41) is 22.8. The second-order valence-corrected chi connectivity index (χ2v) is 16.6. The molecular weight excluding hydrogens is 863 g/mol. The van der Waals surface area contributed by atoms with Gasteiger partial charge in [-0.05, 0) is 108 Å². The summed E-state index contributed by atoms with van der Waals surface area (Å²) in [4.78, 5) is 52.9. The molecule has 68 heavy (non-hydrogen) atoms. The van der Waals surface area contributed by atoms with Gasteiger partial charge in [-0.1, -0.05) is 86.1 Å². The van der Waals surface area contributed by atoms with Gasteiger partial charge in [-0.3, -0.25) is 39.4 Å². The fourth-order valence-electron chi connectivity index (χ4n) is 7.00. The van der Waals surface area contributed by atoms with Gasteiger partial charge in [-0.15, -0.1) is 0 Å². The molecule has 4 aromatic rings. The molecular formula is C53H61N7O8. The first-order chi connectivity index (χ1) is 32.9. The molecule has 6 rings (SSSR count). The van der Waals surface area contributed by atoms with Crippen LogP contribution in [0.1, 0.15) is 74.9 Å². The summed E-state index contributed by atoms with van der Waals surface area (Å²) >= 11 is 0. The molecule has 0 saturated carbocycles. The molecule has 0 unspecified atom stereocenters. The third-order valence-corrected chi connectivity index (χ3v) is 11.0. The van der Waals surface area contributed by atoms with Crippen molar-refractivity contribution < 1.29 is 39.1 Å². The van der Waals surface area contributed by atoms with Crippen LogP contribution in [0.2, 0.25) is 0 Å². The summed E-state index contributed by atoms with van der Waals surface area (Å²) in [7, 11) is 0. The van der Waals surface area contributed by atoms with Gasteiger partial charge >= 0.3 is 0 Å². The van der Waals surface area contributed by atoms with E-state index < -0.39 is 41.8 Å². The maximum Gasteiger partial charge on any atom is 0.267 e. The maximum atomic E-state index is 12.4. The first kappa shape index (κ1) is 52.1. The van der Waals surface area contributed by atoms with E-state index in [1.165, 1.54) is 16.6 Å². The van der Waals surface area contributed by atoms with E-state index >= 15 is 0 Å². The predicted octanol–water partition coefficient (Wildman–Crippen LogP) is 4.38. The van der Waals surface area contributed by atoms with Crippen LogP contribution >= 0.6 is 0 Å². The van der Waals surface area contributed by atoms with Crippen molar-refractivity contribution in [3.8, 4) is 23.7 Å². The van der Waals surface area contributed by atoms with E-state index in [1.807, 2.05) is 12.2 Å². The Morgan fingerprint density at radius 2 is 0.956 bits per heavy atom. The lowest BCUT2D eigenvalue weighted by atomic mass is 10.0. The summed E-state index contributed by atoms with van der Waals surface area (Å²) in [6, 6.07) is 27.8. The Bertz CT molecular complexity index is 2260. The molecule has 2 aliphatic rings. The number of nitrogens with zero attached hydrogens (tertiary/aromatic N) is 2. The second kappa shape index (κ2) is 27.7. The molecule has 4 aromatic carbocycles. The van der Waals surface area contributed by atoms with E-state index in [9.17, 15) is 19.2 Å². The largest absolute Gasteiger partial charge is 0.379 e. The first-order valence-corrected chi connectivity index (χ1v) is 22.5. The molecule has 15 nitrogen and oxygen atoms in total. The predicted molar refractivity (Wildman–Crippen MR) is 261 cm³/mol. The number of rotatable bonds is 14. The molecule has 0 aliphatic carbocycles. The first-order valence-electron chi connectivity index (χ1n) is 22.5. The van der Waals surface area contributed by atoms with Crippen LogP contribution in [0, 0.1) is 29.6 Å². The SMILES string of the molecule is CC(C)[C@H](NC(=O)c1ccc(C#CC=Cc2ccc(CN3CCOCC3)cc2)cc1)C(=O)NO.C[C@@H](N)[C@H](NC(=O)c1ccc(C#CC=Cc2ccc(CN3CCOCC3)cc2)cc1)C(=O)NO. The van der Waals surface area contributed by atoms with Gasteiger partial charge in [0.15, 0.2) is 0 Å². The smallest absolute Gasteiger partial charge is 0.267 e. The van der Waals surface area contributed by atoms with Crippen LogP contribution in [0.15, 0.2) is 109 Å². The van der Waals surface area contributed by atoms with Crippen molar-refractivity contribution in [3.63, 3.8) is 0 Å². The van der Waals surface area contributed by atoms with Crippen LogP contribution in [-0.2, 0) is 32.2 Å². The fraction of sp³-hybridized carbons (Fsp3) is 0.321. The Balaban J connectivity index is 0.000000254. The highest BCUT2D eigenvalue weighted by Gasteiger charge is 2.25. The Labute approximate surface area is 398 Å². The maximum absolute atomic E-state index is 12.4. The number of carbonyl (C=O) groups is 4. The number of nitrogens with two attached hydrogens (primary N) is 1. The van der Waals surface area contributed by atoms with Crippen LogP contribution < -0.4 is 27.3 Å². The number of ether oxygens (including phenoxy) is 2. The van der Waals surface area contributed by atoms with Crippen molar-refractivity contribution in [1.29, 1.82) is 0 Å². The summed E-state index contributed by atoms with van der Waals surface area (Å²) in [6.07, 6.45) is 7.51. The molecule has 4 amide bonds. The lowest BCUT2D eigenvalue weighted by molar-refractivity contribution is -0.132. The highest BCUT2D eigenvalue weighted by molar-refractivity contribution is 5.98. The minimum atomic E-state index is -1.05. The highest BCUT2D eigenvalue weighted by Crippen LogP contribution is 2.13. The van der Waals surface area contributed by atoms with E-state index in [4.69, 9.17) is 25.6 Å². The van der Waals surface area contributed by atoms with Gasteiger partial charge < -0.3 is 25.8 Å². The van der Waals surface area contributed by atoms with Gasteiger partial charge in [-0.25, -0.2) is 11.0 Å². The summed E-state index contributed by atoms with van der Waals surface area (Å²) in [5.41, 5.74) is 15.8. The van der Waals surface area contributed by atoms with Gasteiger partial charge in [0.05, 0.1) is 26.4 Å². The van der Waals surface area contributed by atoms with Crippen molar-refractivity contribution in [3.05, 3.63) is 154 Å². The molecule has 0 spiro atoms. The number of morpholine rings is 2. The quantitative estimate of drug-likeness (QED) is 0.0537. The molecule has 8 N–H and O–H groups in total. The topological polar surface area (TPSA) is 208 Å². The number of hydrogen-bond acceptors (Lipinski definition) is 11. The van der Waals surface area contributed by atoms with E-state index in [0.717, 1.165) is 87.9 Å². The van der Waals surface area contributed by atoms with Crippen molar-refractivity contribution >= 4 is 35.8 Å². The van der Waals surface area contributed by atoms with Crippen molar-refractivity contribution in [2.75, 3.05) is 52.6 Å². The lowest BCUT2D eigenvalue weighted by Crippen LogP contribution is -2.54. The zero-order valence-electron chi connectivity index (χ0n) is 38.7. The lowest BCUT2D eigenvalue weighted by Gasteiger charge is -2.26. The molecule has 0 aromatic heterocycles. The zero-order valence-corrected chi connectivity index (χ0v) is 38.7. The minimum absolute atomic E-state index is 0.172. The Kier molecular flexibility index (Phi) is 21.2. The van der Waals surface area contributed by atoms with Crippen LogP contribution in [0.4, 0.5) is 0 Å². The number of benzene rings is 4. The number of allylic oxidation sites excluding steroid dienone is 2. The monoisotopic (exact) mass is 923 g/mol. The molecule has 0 bridgehead atoms. The van der Waals surface area contributed by atoms with Gasteiger partial charge in [0.25, 0.3) is 23.6 Å². The van der Waals surface area contributed by atoms with Crippen molar-refractivity contribution in [2.24, 2.45) is 11.7 Å². The molecule has 0 radical (unpaired) electrons. The van der Waals surface area contributed by atoms with Crippen molar-refractivity contribution in [1.82, 2.24) is 31.4 Å². The number of hydroxylamine groups is 2. The zero-order chi connectivity index (χ0) is 48.7. The summed E-state index contributed by atoms with van der Waals surface area (Å²) in [5.74, 6) is 9.64. The summed E-state index contributed by atoms with van der Waals surface area (Å²) < 4.78 is 10.8. The molecule has 2 saturated heterocycles. The molecule has 3 atom stereocenters. The third-order valence-electron chi connectivity index (χ3n) is 11.0. The van der Waals surface area contributed by atoms with Gasteiger partial charge in [-0.2, -0.15) is 0 Å². The molecule has 2 heterocycles. The molecule has 2 fully saturated rings. The van der Waals surface area contributed by atoms with Crippen molar-refractivity contribution in [2.45, 2.75) is 52.0 Å². The van der Waals surface area contributed by atoms with E-state index in [2.05, 4.69) is 92.6 Å². The van der Waals surface area contributed by atoms with Gasteiger partial charge in [0.2, 0.25) is 0 Å². The molecule has 15 heteroatoms.